The monoisotopic (exact) mass is 304 g/mol. The molecule has 1 heterocycles. The molecule has 1 aliphatic rings. The SMILES string of the molecule is O=C1CCCCCCCCCCCC#C/C=C/CCCCO1. The van der Waals surface area contributed by atoms with Crippen LogP contribution in [-0.2, 0) is 9.53 Å². The van der Waals surface area contributed by atoms with Gasteiger partial charge in [0.25, 0.3) is 0 Å². The molecule has 0 amide bonds. The Kier molecular flexibility index (Phi) is 12.6. The quantitative estimate of drug-likeness (QED) is 0.432. The Balaban J connectivity index is 2.21. The Bertz CT molecular complexity index is 360. The van der Waals surface area contributed by atoms with Crippen LogP contribution in [0.2, 0.25) is 0 Å². The van der Waals surface area contributed by atoms with E-state index in [1.54, 1.807) is 0 Å². The van der Waals surface area contributed by atoms with E-state index in [1.807, 2.05) is 6.08 Å². The van der Waals surface area contributed by atoms with E-state index < -0.39 is 0 Å². The van der Waals surface area contributed by atoms with Crippen molar-refractivity contribution in [1.82, 2.24) is 0 Å². The number of hydrogen-bond donors (Lipinski definition) is 0. The van der Waals surface area contributed by atoms with Crippen LogP contribution in [-0.4, -0.2) is 12.6 Å². The molecule has 1 aliphatic heterocycles. The van der Waals surface area contributed by atoms with Gasteiger partial charge in [-0.05, 0) is 38.2 Å². The molecular formula is C20H32O2. The zero-order valence-electron chi connectivity index (χ0n) is 14.1. The average Bonchev–Trinajstić information content (AvgIpc) is 2.52. The topological polar surface area (TPSA) is 26.3 Å². The van der Waals surface area contributed by atoms with Crippen LogP contribution in [0.1, 0.15) is 89.9 Å². The van der Waals surface area contributed by atoms with Gasteiger partial charge in [0.2, 0.25) is 0 Å². The van der Waals surface area contributed by atoms with Gasteiger partial charge in [-0.25, -0.2) is 0 Å². The summed E-state index contributed by atoms with van der Waals surface area (Å²) in [6.45, 7) is 0.568. The molecule has 2 nitrogen and oxygen atoms in total. The lowest BCUT2D eigenvalue weighted by Gasteiger charge is -2.04. The van der Waals surface area contributed by atoms with E-state index in [0.29, 0.717) is 13.0 Å². The zero-order valence-corrected chi connectivity index (χ0v) is 14.1. The van der Waals surface area contributed by atoms with Gasteiger partial charge >= 0.3 is 5.97 Å². The normalized spacial score (nSPS) is 22.5. The molecule has 0 fully saturated rings. The van der Waals surface area contributed by atoms with Crippen molar-refractivity contribution in [2.24, 2.45) is 0 Å². The van der Waals surface area contributed by atoms with Crippen molar-refractivity contribution in [3.63, 3.8) is 0 Å². The number of carbonyl (C=O) groups is 1. The first kappa shape index (κ1) is 18.8. The molecule has 0 aromatic heterocycles. The van der Waals surface area contributed by atoms with Crippen LogP contribution < -0.4 is 0 Å². The highest BCUT2D eigenvalue weighted by Gasteiger charge is 2.02. The number of allylic oxidation sites excluding steroid dienone is 2. The van der Waals surface area contributed by atoms with Gasteiger partial charge in [-0.1, -0.05) is 62.9 Å². The lowest BCUT2D eigenvalue weighted by Crippen LogP contribution is -2.05. The predicted molar refractivity (Wildman–Crippen MR) is 92.5 cm³/mol. The number of ether oxygens (including phenoxy) is 1. The van der Waals surface area contributed by atoms with Crippen LogP contribution in [0, 0.1) is 11.8 Å². The van der Waals surface area contributed by atoms with Crippen molar-refractivity contribution in [3.8, 4) is 11.8 Å². The zero-order chi connectivity index (χ0) is 15.7. The third-order valence-electron chi connectivity index (χ3n) is 4.01. The second-order valence-corrected chi connectivity index (χ2v) is 6.12. The minimum atomic E-state index is -0.0210. The van der Waals surface area contributed by atoms with E-state index in [-0.39, 0.29) is 5.97 Å². The molecule has 0 unspecified atom stereocenters. The summed E-state index contributed by atoms with van der Waals surface area (Å²) >= 11 is 0. The van der Waals surface area contributed by atoms with Gasteiger partial charge < -0.3 is 4.74 Å². The van der Waals surface area contributed by atoms with Crippen molar-refractivity contribution >= 4 is 5.97 Å². The first-order valence-corrected chi connectivity index (χ1v) is 9.18. The molecule has 2 heteroatoms. The van der Waals surface area contributed by atoms with Crippen molar-refractivity contribution in [1.29, 1.82) is 0 Å². The highest BCUT2D eigenvalue weighted by atomic mass is 16.5. The highest BCUT2D eigenvalue weighted by Crippen LogP contribution is 2.11. The van der Waals surface area contributed by atoms with E-state index in [2.05, 4.69) is 17.9 Å². The fourth-order valence-corrected chi connectivity index (χ4v) is 2.62. The number of hydrogen-bond acceptors (Lipinski definition) is 2. The average molecular weight is 304 g/mol. The third kappa shape index (κ3) is 12.5. The molecule has 124 valence electrons. The lowest BCUT2D eigenvalue weighted by atomic mass is 10.1. The van der Waals surface area contributed by atoms with Gasteiger partial charge in [-0.3, -0.25) is 4.79 Å². The molecule has 0 radical (unpaired) electrons. The van der Waals surface area contributed by atoms with Crippen LogP contribution >= 0.6 is 0 Å². The standard InChI is InChI=1S/C20H32O2/c21-20-18-16-14-12-10-8-6-4-2-1-3-5-7-9-11-13-15-17-19-22-20/h9,11H,1-4,6,8,10,12-19H2/b11-9+. The first-order valence-electron chi connectivity index (χ1n) is 9.18. The van der Waals surface area contributed by atoms with Crippen LogP contribution in [0.3, 0.4) is 0 Å². The summed E-state index contributed by atoms with van der Waals surface area (Å²) in [6, 6.07) is 0. The minimum absolute atomic E-state index is 0.0210. The molecule has 0 aliphatic carbocycles. The second kappa shape index (κ2) is 14.7. The summed E-state index contributed by atoms with van der Waals surface area (Å²) < 4.78 is 5.25. The van der Waals surface area contributed by atoms with Gasteiger partial charge in [0.1, 0.15) is 0 Å². The lowest BCUT2D eigenvalue weighted by molar-refractivity contribution is -0.143. The van der Waals surface area contributed by atoms with Crippen LogP contribution in [0.25, 0.3) is 0 Å². The van der Waals surface area contributed by atoms with Crippen molar-refractivity contribution in [3.05, 3.63) is 12.2 Å². The maximum Gasteiger partial charge on any atom is 0.305 e. The fourth-order valence-electron chi connectivity index (χ4n) is 2.62. The molecule has 0 atom stereocenters. The third-order valence-corrected chi connectivity index (χ3v) is 4.01. The first-order chi connectivity index (χ1) is 10.9. The van der Waals surface area contributed by atoms with E-state index in [4.69, 9.17) is 4.74 Å². The van der Waals surface area contributed by atoms with E-state index in [0.717, 1.165) is 38.5 Å². The van der Waals surface area contributed by atoms with E-state index in [9.17, 15) is 4.79 Å². The Morgan fingerprint density at radius 3 is 2.27 bits per heavy atom. The summed E-state index contributed by atoms with van der Waals surface area (Å²) in [6.07, 6.45) is 20.0. The highest BCUT2D eigenvalue weighted by molar-refractivity contribution is 5.69. The van der Waals surface area contributed by atoms with Crippen LogP contribution in [0.15, 0.2) is 12.2 Å². The van der Waals surface area contributed by atoms with Gasteiger partial charge in [0.05, 0.1) is 6.61 Å². The van der Waals surface area contributed by atoms with Crippen molar-refractivity contribution < 1.29 is 9.53 Å². The van der Waals surface area contributed by atoms with Crippen LogP contribution in [0.5, 0.6) is 0 Å². The summed E-state index contributed by atoms with van der Waals surface area (Å²) in [5, 5.41) is 0. The Hall–Kier alpha value is -1.23. The molecular weight excluding hydrogens is 272 g/mol. The summed E-state index contributed by atoms with van der Waals surface area (Å²) in [5.41, 5.74) is 0. The summed E-state index contributed by atoms with van der Waals surface area (Å²) in [7, 11) is 0. The largest absolute Gasteiger partial charge is 0.466 e. The van der Waals surface area contributed by atoms with E-state index >= 15 is 0 Å². The van der Waals surface area contributed by atoms with Crippen LogP contribution in [0.4, 0.5) is 0 Å². The number of carbonyl (C=O) groups excluding carboxylic acids is 1. The molecule has 22 heavy (non-hydrogen) atoms. The molecule has 1 rings (SSSR count). The Morgan fingerprint density at radius 1 is 0.818 bits per heavy atom. The Labute approximate surface area is 136 Å². The summed E-state index contributed by atoms with van der Waals surface area (Å²) in [4.78, 5) is 11.5. The van der Waals surface area contributed by atoms with Crippen molar-refractivity contribution in [2.75, 3.05) is 6.61 Å². The molecule has 0 bridgehead atoms. The molecule has 0 saturated heterocycles. The Morgan fingerprint density at radius 2 is 1.50 bits per heavy atom. The van der Waals surface area contributed by atoms with Gasteiger partial charge in [-0.15, -0.1) is 0 Å². The predicted octanol–water partition coefficient (Wildman–Crippen LogP) is 5.56. The molecule has 0 aromatic rings. The maximum absolute atomic E-state index is 11.5. The van der Waals surface area contributed by atoms with Gasteiger partial charge in [0, 0.05) is 12.8 Å². The smallest absolute Gasteiger partial charge is 0.305 e. The molecule has 0 spiro atoms. The molecule has 0 aromatic carbocycles. The molecule has 0 saturated carbocycles. The molecule has 0 N–H and O–H groups in total. The number of rotatable bonds is 0. The van der Waals surface area contributed by atoms with Gasteiger partial charge in [-0.2, -0.15) is 0 Å². The van der Waals surface area contributed by atoms with E-state index in [1.165, 1.54) is 44.9 Å². The second-order valence-electron chi connectivity index (χ2n) is 6.12. The van der Waals surface area contributed by atoms with Crippen molar-refractivity contribution in [2.45, 2.75) is 89.9 Å². The number of esters is 1. The summed E-state index contributed by atoms with van der Waals surface area (Å²) in [5.74, 6) is 6.30. The minimum Gasteiger partial charge on any atom is -0.466 e. The fraction of sp³-hybridized carbons (Fsp3) is 0.750. The maximum atomic E-state index is 11.5. The van der Waals surface area contributed by atoms with Gasteiger partial charge in [0.15, 0.2) is 0 Å². The number of cyclic esters (lactones) is 1.